The van der Waals surface area contributed by atoms with Crippen molar-refractivity contribution in [1.29, 1.82) is 0 Å². The van der Waals surface area contributed by atoms with E-state index >= 15 is 0 Å². The van der Waals surface area contributed by atoms with Gasteiger partial charge < -0.3 is 10.8 Å². The lowest BCUT2D eigenvalue weighted by Crippen LogP contribution is -2.34. The molecule has 2 nitrogen and oxygen atoms in total. The highest BCUT2D eigenvalue weighted by Crippen LogP contribution is 2.17. The van der Waals surface area contributed by atoms with Gasteiger partial charge in [0.1, 0.15) is 0 Å². The highest BCUT2D eigenvalue weighted by atomic mass is 16.2. The van der Waals surface area contributed by atoms with Gasteiger partial charge in [0.15, 0.2) is 0 Å². The van der Waals surface area contributed by atoms with Crippen molar-refractivity contribution in [1.82, 2.24) is 0 Å². The van der Waals surface area contributed by atoms with Crippen molar-refractivity contribution in [3.05, 3.63) is 0 Å². The summed E-state index contributed by atoms with van der Waals surface area (Å²) in [4.78, 5) is 0. The fourth-order valence-corrected chi connectivity index (χ4v) is 1.44. The molecular weight excluding hydrogens is 150 g/mol. The van der Waals surface area contributed by atoms with Crippen LogP contribution in [0.5, 0.6) is 0 Å². The van der Waals surface area contributed by atoms with Crippen molar-refractivity contribution < 1.29 is 5.11 Å². The molecule has 3 N–H and O–H groups in total. The topological polar surface area (TPSA) is 46.2 Å². The van der Waals surface area contributed by atoms with Crippen LogP contribution in [0.4, 0.5) is 0 Å². The van der Waals surface area contributed by atoms with E-state index in [0.717, 1.165) is 19.3 Å². The Morgan fingerprint density at radius 2 is 1.83 bits per heavy atom. The second-order valence-corrected chi connectivity index (χ2v) is 3.81. The zero-order valence-electron chi connectivity index (χ0n) is 8.59. The normalized spacial score (nSPS) is 18.8. The molecule has 3 unspecified atom stereocenters. The summed E-state index contributed by atoms with van der Waals surface area (Å²) in [7, 11) is 0. The number of hydrogen-bond donors (Lipinski definition) is 2. The van der Waals surface area contributed by atoms with Crippen molar-refractivity contribution in [2.24, 2.45) is 17.6 Å². The number of aliphatic hydroxyl groups excluding tert-OH is 1. The Hall–Kier alpha value is -0.0800. The van der Waals surface area contributed by atoms with Gasteiger partial charge in [0, 0.05) is 12.6 Å². The van der Waals surface area contributed by atoms with Crippen LogP contribution in [-0.4, -0.2) is 17.8 Å². The Bertz CT molecular complexity index is 106. The number of aliphatic hydroxyl groups is 1. The van der Waals surface area contributed by atoms with Gasteiger partial charge in [0.25, 0.3) is 0 Å². The molecule has 0 aliphatic heterocycles. The summed E-state index contributed by atoms with van der Waals surface area (Å²) < 4.78 is 0. The van der Waals surface area contributed by atoms with E-state index in [4.69, 9.17) is 10.8 Å². The predicted molar refractivity (Wildman–Crippen MR) is 52.9 cm³/mol. The Balaban J connectivity index is 3.67. The van der Waals surface area contributed by atoms with Gasteiger partial charge in [-0.25, -0.2) is 0 Å². The maximum absolute atomic E-state index is 8.65. The third kappa shape index (κ3) is 4.07. The third-order valence-corrected chi connectivity index (χ3v) is 2.78. The van der Waals surface area contributed by atoms with Crippen LogP contribution in [0.25, 0.3) is 0 Å². The molecule has 0 saturated carbocycles. The maximum Gasteiger partial charge on any atom is 0.0431 e. The van der Waals surface area contributed by atoms with Gasteiger partial charge in [-0.3, -0.25) is 0 Å². The van der Waals surface area contributed by atoms with Gasteiger partial charge in [0.05, 0.1) is 0 Å². The number of nitrogens with two attached hydrogens (primary N) is 1. The molecule has 0 radical (unpaired) electrons. The summed E-state index contributed by atoms with van der Waals surface area (Å²) in [6.45, 7) is 6.83. The monoisotopic (exact) mass is 173 g/mol. The fourth-order valence-electron chi connectivity index (χ4n) is 1.44. The van der Waals surface area contributed by atoms with Crippen LogP contribution in [0.3, 0.4) is 0 Å². The molecule has 0 aromatic heterocycles. The van der Waals surface area contributed by atoms with Crippen molar-refractivity contribution in [2.75, 3.05) is 6.61 Å². The third-order valence-electron chi connectivity index (χ3n) is 2.78. The molecule has 0 spiro atoms. The Morgan fingerprint density at radius 1 is 1.25 bits per heavy atom. The number of rotatable bonds is 6. The molecule has 0 aliphatic rings. The summed E-state index contributed by atoms with van der Waals surface area (Å²) >= 11 is 0. The quantitative estimate of drug-likeness (QED) is 0.643. The minimum Gasteiger partial charge on any atom is -0.396 e. The SMILES string of the molecule is CCC(C)C(N)C(C)CCCO. The van der Waals surface area contributed by atoms with Gasteiger partial charge >= 0.3 is 0 Å². The smallest absolute Gasteiger partial charge is 0.0431 e. The summed E-state index contributed by atoms with van der Waals surface area (Å²) in [6, 6.07) is 0.293. The lowest BCUT2D eigenvalue weighted by atomic mass is 9.87. The Morgan fingerprint density at radius 3 is 2.25 bits per heavy atom. The summed E-state index contributed by atoms with van der Waals surface area (Å²) in [5, 5.41) is 8.65. The van der Waals surface area contributed by atoms with E-state index in [0.29, 0.717) is 17.9 Å². The molecule has 74 valence electrons. The Labute approximate surface area is 76.2 Å². The summed E-state index contributed by atoms with van der Waals surface area (Å²) in [6.07, 6.45) is 3.07. The van der Waals surface area contributed by atoms with Crippen LogP contribution in [0, 0.1) is 11.8 Å². The van der Waals surface area contributed by atoms with Crippen molar-refractivity contribution in [3.8, 4) is 0 Å². The van der Waals surface area contributed by atoms with Crippen LogP contribution in [-0.2, 0) is 0 Å². The highest BCUT2D eigenvalue weighted by Gasteiger charge is 2.17. The molecule has 0 saturated heterocycles. The first-order valence-corrected chi connectivity index (χ1v) is 4.99. The van der Waals surface area contributed by atoms with E-state index < -0.39 is 0 Å². The van der Waals surface area contributed by atoms with Crippen LogP contribution in [0.15, 0.2) is 0 Å². The molecule has 12 heavy (non-hydrogen) atoms. The van der Waals surface area contributed by atoms with Crippen LogP contribution < -0.4 is 5.73 Å². The average molecular weight is 173 g/mol. The molecule has 0 heterocycles. The van der Waals surface area contributed by atoms with E-state index in [2.05, 4.69) is 20.8 Å². The van der Waals surface area contributed by atoms with Gasteiger partial charge in [-0.15, -0.1) is 0 Å². The van der Waals surface area contributed by atoms with E-state index in [1.54, 1.807) is 0 Å². The molecular formula is C10H23NO. The van der Waals surface area contributed by atoms with E-state index in [-0.39, 0.29) is 6.61 Å². The Kier molecular flexibility index (Phi) is 6.39. The summed E-state index contributed by atoms with van der Waals surface area (Å²) in [5.41, 5.74) is 6.03. The van der Waals surface area contributed by atoms with Gasteiger partial charge in [-0.05, 0) is 24.7 Å². The minimum atomic E-state index is 0.289. The molecule has 0 aromatic carbocycles. The van der Waals surface area contributed by atoms with Gasteiger partial charge in [-0.2, -0.15) is 0 Å². The molecule has 2 heteroatoms. The lowest BCUT2D eigenvalue weighted by molar-refractivity contribution is 0.253. The largest absolute Gasteiger partial charge is 0.396 e. The lowest BCUT2D eigenvalue weighted by Gasteiger charge is -2.24. The van der Waals surface area contributed by atoms with Crippen molar-refractivity contribution >= 4 is 0 Å². The van der Waals surface area contributed by atoms with Crippen molar-refractivity contribution in [3.63, 3.8) is 0 Å². The zero-order chi connectivity index (χ0) is 9.56. The van der Waals surface area contributed by atoms with Gasteiger partial charge in [0.2, 0.25) is 0 Å². The molecule has 0 aliphatic carbocycles. The molecule has 0 fully saturated rings. The molecule has 0 bridgehead atoms. The van der Waals surface area contributed by atoms with Crippen LogP contribution in [0.1, 0.15) is 40.0 Å². The van der Waals surface area contributed by atoms with Crippen LogP contribution >= 0.6 is 0 Å². The molecule has 0 rings (SSSR count). The van der Waals surface area contributed by atoms with E-state index in [1.807, 2.05) is 0 Å². The second kappa shape index (κ2) is 6.44. The average Bonchev–Trinajstić information content (AvgIpc) is 2.11. The standard InChI is InChI=1S/C10H23NO/c1-4-8(2)10(11)9(3)6-5-7-12/h8-10,12H,4-7,11H2,1-3H3. The first-order chi connectivity index (χ1) is 5.63. The molecule has 0 amide bonds. The maximum atomic E-state index is 8.65. The predicted octanol–water partition coefficient (Wildman–Crippen LogP) is 1.77. The van der Waals surface area contributed by atoms with Crippen LogP contribution in [0.2, 0.25) is 0 Å². The molecule has 3 atom stereocenters. The van der Waals surface area contributed by atoms with E-state index in [1.165, 1.54) is 0 Å². The first kappa shape index (κ1) is 11.9. The van der Waals surface area contributed by atoms with E-state index in [9.17, 15) is 0 Å². The number of hydrogen-bond acceptors (Lipinski definition) is 2. The fraction of sp³-hybridized carbons (Fsp3) is 1.00. The first-order valence-electron chi connectivity index (χ1n) is 4.99. The second-order valence-electron chi connectivity index (χ2n) is 3.81. The zero-order valence-corrected chi connectivity index (χ0v) is 8.59. The van der Waals surface area contributed by atoms with Gasteiger partial charge in [-0.1, -0.05) is 27.2 Å². The van der Waals surface area contributed by atoms with Crippen molar-refractivity contribution in [2.45, 2.75) is 46.1 Å². The highest BCUT2D eigenvalue weighted by molar-refractivity contribution is 4.73. The molecule has 0 aromatic rings. The minimum absolute atomic E-state index is 0.289. The summed E-state index contributed by atoms with van der Waals surface area (Å²) in [5.74, 6) is 1.13.